The van der Waals surface area contributed by atoms with Crippen LogP contribution >= 0.6 is 0 Å². The Morgan fingerprint density at radius 1 is 0.903 bits per heavy atom. The Morgan fingerprint density at radius 3 is 2.45 bits per heavy atom. The van der Waals surface area contributed by atoms with Crippen molar-refractivity contribution in [3.8, 4) is 45.4 Å². The third-order valence-electron chi connectivity index (χ3n) is 5.13. The Kier molecular flexibility index (Phi) is 5.80. The molecule has 31 heavy (non-hydrogen) atoms. The average molecular weight is 417 g/mol. The molecule has 0 atom stereocenters. The van der Waals surface area contributed by atoms with Crippen LogP contribution in [0.15, 0.2) is 71.4 Å². The molecule has 1 N–H and O–H groups in total. The van der Waals surface area contributed by atoms with Crippen LogP contribution in [0.3, 0.4) is 0 Å². The van der Waals surface area contributed by atoms with E-state index in [1.54, 1.807) is 38.6 Å². The van der Waals surface area contributed by atoms with Crippen LogP contribution in [0.2, 0.25) is 0 Å². The fourth-order valence-electron chi connectivity index (χ4n) is 3.37. The van der Waals surface area contributed by atoms with Crippen LogP contribution in [0.5, 0.6) is 23.0 Å². The molecule has 0 spiro atoms. The molecule has 0 saturated heterocycles. The quantitative estimate of drug-likeness (QED) is 0.421. The lowest BCUT2D eigenvalue weighted by atomic mass is 10.0. The first-order valence-electron chi connectivity index (χ1n) is 9.78. The number of hydrogen-bond donors (Lipinski definition) is 1. The van der Waals surface area contributed by atoms with Gasteiger partial charge < -0.3 is 23.8 Å². The lowest BCUT2D eigenvalue weighted by Gasteiger charge is -2.11. The standard InChI is InChI=1S/C25H23NO5/c1-16-6-4-5-7-18(16)15-30-19-9-10-20(22(27)13-19)25-21(14-26-31-25)17-8-11-23(28-2)24(12-17)29-3/h4-14,27H,15H2,1-3H3. The normalized spacial score (nSPS) is 10.7. The van der Waals surface area contributed by atoms with Crippen LogP contribution in [-0.2, 0) is 6.61 Å². The topological polar surface area (TPSA) is 74.0 Å². The van der Waals surface area contributed by atoms with E-state index in [9.17, 15) is 5.11 Å². The van der Waals surface area contributed by atoms with E-state index in [0.717, 1.165) is 22.3 Å². The largest absolute Gasteiger partial charge is 0.507 e. The number of rotatable bonds is 7. The summed E-state index contributed by atoms with van der Waals surface area (Å²) in [5.41, 5.74) is 4.32. The Morgan fingerprint density at radius 2 is 1.71 bits per heavy atom. The third kappa shape index (κ3) is 4.19. The van der Waals surface area contributed by atoms with Gasteiger partial charge in [0.1, 0.15) is 18.1 Å². The zero-order valence-corrected chi connectivity index (χ0v) is 17.6. The van der Waals surface area contributed by atoms with Crippen molar-refractivity contribution in [2.45, 2.75) is 13.5 Å². The lowest BCUT2D eigenvalue weighted by molar-refractivity contribution is 0.303. The second kappa shape index (κ2) is 8.83. The van der Waals surface area contributed by atoms with Crippen LogP contribution in [-0.4, -0.2) is 24.5 Å². The highest BCUT2D eigenvalue weighted by molar-refractivity contribution is 5.82. The fraction of sp³-hybridized carbons (Fsp3) is 0.160. The summed E-state index contributed by atoms with van der Waals surface area (Å²) in [7, 11) is 3.17. The van der Waals surface area contributed by atoms with Crippen LogP contribution < -0.4 is 14.2 Å². The van der Waals surface area contributed by atoms with Crippen LogP contribution in [0.1, 0.15) is 11.1 Å². The van der Waals surface area contributed by atoms with Crippen LogP contribution in [0.4, 0.5) is 0 Å². The van der Waals surface area contributed by atoms with E-state index in [2.05, 4.69) is 5.16 Å². The molecule has 1 heterocycles. The van der Waals surface area contributed by atoms with Gasteiger partial charge in [0.05, 0.1) is 26.0 Å². The molecular weight excluding hydrogens is 394 g/mol. The van der Waals surface area contributed by atoms with Crippen molar-refractivity contribution in [1.29, 1.82) is 0 Å². The highest BCUT2D eigenvalue weighted by Crippen LogP contribution is 2.40. The predicted octanol–water partition coefficient (Wildman–Crippen LogP) is 5.62. The maximum absolute atomic E-state index is 10.7. The number of aromatic nitrogens is 1. The molecule has 158 valence electrons. The van der Waals surface area contributed by atoms with Crippen LogP contribution in [0.25, 0.3) is 22.5 Å². The molecule has 6 heteroatoms. The molecule has 0 radical (unpaired) electrons. The molecule has 0 bridgehead atoms. The first-order valence-corrected chi connectivity index (χ1v) is 9.78. The van der Waals surface area contributed by atoms with Crippen molar-refractivity contribution in [2.75, 3.05) is 14.2 Å². The van der Waals surface area contributed by atoms with Gasteiger partial charge in [-0.05, 0) is 47.9 Å². The zero-order chi connectivity index (χ0) is 21.8. The second-order valence-corrected chi connectivity index (χ2v) is 7.03. The van der Waals surface area contributed by atoms with Gasteiger partial charge in [0.15, 0.2) is 17.3 Å². The van der Waals surface area contributed by atoms with Gasteiger partial charge in [0, 0.05) is 11.6 Å². The Bertz CT molecular complexity index is 1200. The minimum atomic E-state index is 0.0424. The molecule has 6 nitrogen and oxygen atoms in total. The molecule has 0 unspecified atom stereocenters. The van der Waals surface area contributed by atoms with Crippen molar-refractivity contribution in [3.05, 3.63) is 78.0 Å². The van der Waals surface area contributed by atoms with E-state index >= 15 is 0 Å². The third-order valence-corrected chi connectivity index (χ3v) is 5.13. The Balaban J connectivity index is 1.60. The highest BCUT2D eigenvalue weighted by atomic mass is 16.5. The van der Waals surface area contributed by atoms with Crippen molar-refractivity contribution in [3.63, 3.8) is 0 Å². The van der Waals surface area contributed by atoms with Crippen molar-refractivity contribution in [1.82, 2.24) is 5.16 Å². The van der Waals surface area contributed by atoms with Gasteiger partial charge in [-0.2, -0.15) is 0 Å². The number of aryl methyl sites for hydroxylation is 1. The summed E-state index contributed by atoms with van der Waals surface area (Å²) < 4.78 is 22.0. The van der Waals surface area contributed by atoms with Gasteiger partial charge in [0.25, 0.3) is 0 Å². The first-order chi connectivity index (χ1) is 15.1. The molecule has 0 aliphatic carbocycles. The minimum absolute atomic E-state index is 0.0424. The van der Waals surface area contributed by atoms with Gasteiger partial charge in [-0.1, -0.05) is 35.5 Å². The number of aromatic hydroxyl groups is 1. The molecule has 0 saturated carbocycles. The van der Waals surface area contributed by atoms with E-state index in [4.69, 9.17) is 18.7 Å². The summed E-state index contributed by atoms with van der Waals surface area (Å²) in [6.45, 7) is 2.46. The molecule has 3 aromatic carbocycles. The molecule has 1 aromatic heterocycles. The smallest absolute Gasteiger partial charge is 0.178 e. The summed E-state index contributed by atoms with van der Waals surface area (Å²) >= 11 is 0. The van der Waals surface area contributed by atoms with Gasteiger partial charge in [-0.3, -0.25) is 0 Å². The number of hydrogen-bond acceptors (Lipinski definition) is 6. The molecule has 4 rings (SSSR count). The number of benzene rings is 3. The number of methoxy groups -OCH3 is 2. The average Bonchev–Trinajstić information content (AvgIpc) is 3.27. The summed E-state index contributed by atoms with van der Waals surface area (Å²) in [5, 5.41) is 14.6. The SMILES string of the molecule is COc1ccc(-c2cnoc2-c2ccc(OCc3ccccc3C)cc2O)cc1OC. The van der Waals surface area contributed by atoms with Gasteiger partial charge >= 0.3 is 0 Å². The van der Waals surface area contributed by atoms with Gasteiger partial charge in [-0.25, -0.2) is 0 Å². The summed E-state index contributed by atoms with van der Waals surface area (Å²) in [6, 6.07) is 18.7. The van der Waals surface area contributed by atoms with E-state index < -0.39 is 0 Å². The molecule has 0 aliphatic heterocycles. The van der Waals surface area contributed by atoms with E-state index in [1.807, 2.05) is 49.4 Å². The van der Waals surface area contributed by atoms with Crippen molar-refractivity contribution >= 4 is 0 Å². The van der Waals surface area contributed by atoms with E-state index in [-0.39, 0.29) is 5.75 Å². The Labute approximate surface area is 180 Å². The Hall–Kier alpha value is -3.93. The zero-order valence-electron chi connectivity index (χ0n) is 17.6. The summed E-state index contributed by atoms with van der Waals surface area (Å²) in [4.78, 5) is 0. The maximum atomic E-state index is 10.7. The monoisotopic (exact) mass is 417 g/mol. The lowest BCUT2D eigenvalue weighted by Crippen LogP contribution is -1.97. The van der Waals surface area contributed by atoms with Crippen molar-refractivity contribution in [2.24, 2.45) is 0 Å². The first kappa shape index (κ1) is 20.3. The molecule has 0 fully saturated rings. The van der Waals surface area contributed by atoms with E-state index in [0.29, 0.717) is 35.2 Å². The molecule has 0 amide bonds. The molecular formula is C25H23NO5. The van der Waals surface area contributed by atoms with Crippen molar-refractivity contribution < 1.29 is 23.8 Å². The highest BCUT2D eigenvalue weighted by Gasteiger charge is 2.18. The summed E-state index contributed by atoms with van der Waals surface area (Å²) in [5.74, 6) is 2.28. The van der Waals surface area contributed by atoms with E-state index in [1.165, 1.54) is 0 Å². The second-order valence-electron chi connectivity index (χ2n) is 7.03. The van der Waals surface area contributed by atoms with Crippen LogP contribution in [0, 0.1) is 6.92 Å². The fourth-order valence-corrected chi connectivity index (χ4v) is 3.37. The summed E-state index contributed by atoms with van der Waals surface area (Å²) in [6.07, 6.45) is 1.61. The van der Waals surface area contributed by atoms with Gasteiger partial charge in [-0.15, -0.1) is 0 Å². The number of nitrogens with zero attached hydrogens (tertiary/aromatic N) is 1. The molecule has 4 aromatic rings. The van der Waals surface area contributed by atoms with Gasteiger partial charge in [0.2, 0.25) is 0 Å². The number of phenols is 1. The number of phenolic OH excluding ortho intramolecular Hbond substituents is 1. The maximum Gasteiger partial charge on any atom is 0.178 e. The number of ether oxygens (including phenoxy) is 3. The minimum Gasteiger partial charge on any atom is -0.507 e. The predicted molar refractivity (Wildman–Crippen MR) is 118 cm³/mol. The molecule has 0 aliphatic rings.